The van der Waals surface area contributed by atoms with E-state index in [1.54, 1.807) is 24.3 Å². The van der Waals surface area contributed by atoms with Gasteiger partial charge in [-0.3, -0.25) is 14.4 Å². The van der Waals surface area contributed by atoms with E-state index in [2.05, 4.69) is 10.6 Å². The van der Waals surface area contributed by atoms with Gasteiger partial charge in [-0.05, 0) is 43.9 Å². The number of nitrogens with zero attached hydrogens (tertiary/aromatic N) is 2. The average molecular weight is 445 g/mol. The predicted octanol–water partition coefficient (Wildman–Crippen LogP) is 1.16. The number of carbonyl (C=O) groups is 2. The molecule has 10 heteroatoms. The van der Waals surface area contributed by atoms with Crippen LogP contribution in [0.3, 0.4) is 0 Å². The molecule has 2 amide bonds. The average Bonchev–Trinajstić information content (AvgIpc) is 3.37. The van der Waals surface area contributed by atoms with Crippen molar-refractivity contribution < 1.29 is 18.0 Å². The fourth-order valence-corrected chi connectivity index (χ4v) is 5.03. The van der Waals surface area contributed by atoms with Crippen molar-refractivity contribution in [2.75, 3.05) is 18.4 Å². The van der Waals surface area contributed by atoms with Gasteiger partial charge in [0.1, 0.15) is 6.54 Å². The van der Waals surface area contributed by atoms with E-state index in [4.69, 9.17) is 0 Å². The van der Waals surface area contributed by atoms with Crippen LogP contribution in [0.25, 0.3) is 0 Å². The number of pyridine rings is 1. The molecule has 1 aliphatic heterocycles. The monoisotopic (exact) mass is 444 g/mol. The third kappa shape index (κ3) is 4.86. The molecule has 1 aromatic heterocycles. The molecule has 0 atom stereocenters. The molecular weight excluding hydrogens is 420 g/mol. The standard InChI is InChI=1S/C21H24N4O5S/c26-19(23-18-6-2-1-5-17(18)21(28)22-15-7-8-15)14-24-13-16(9-10-20(24)27)31(29,30)25-11-3-4-12-25/h1-2,5-6,9-10,13,15H,3-4,7-8,11-12,14H2,(H,22,28)(H,23,26). The third-order valence-corrected chi connectivity index (χ3v) is 7.21. The van der Waals surface area contributed by atoms with Crippen LogP contribution in [0.1, 0.15) is 36.0 Å². The van der Waals surface area contributed by atoms with Crippen LogP contribution >= 0.6 is 0 Å². The Morgan fingerprint density at radius 2 is 1.74 bits per heavy atom. The van der Waals surface area contributed by atoms with Gasteiger partial charge in [0.25, 0.3) is 11.5 Å². The first-order chi connectivity index (χ1) is 14.8. The van der Waals surface area contributed by atoms with Crippen LogP contribution in [-0.4, -0.2) is 48.2 Å². The van der Waals surface area contributed by atoms with Crippen LogP contribution in [0.4, 0.5) is 5.69 Å². The molecule has 2 heterocycles. The molecule has 0 spiro atoms. The molecule has 164 valence electrons. The van der Waals surface area contributed by atoms with Gasteiger partial charge in [-0.1, -0.05) is 12.1 Å². The van der Waals surface area contributed by atoms with Gasteiger partial charge in [-0.25, -0.2) is 8.42 Å². The van der Waals surface area contributed by atoms with E-state index in [0.717, 1.165) is 36.3 Å². The van der Waals surface area contributed by atoms with Gasteiger partial charge < -0.3 is 15.2 Å². The lowest BCUT2D eigenvalue weighted by Gasteiger charge is -2.16. The molecule has 2 aliphatic rings. The highest BCUT2D eigenvalue weighted by Gasteiger charge is 2.28. The zero-order valence-electron chi connectivity index (χ0n) is 16.9. The number of para-hydroxylation sites is 1. The fourth-order valence-electron chi connectivity index (χ4n) is 3.49. The summed E-state index contributed by atoms with van der Waals surface area (Å²) in [5, 5.41) is 5.53. The van der Waals surface area contributed by atoms with E-state index in [1.165, 1.54) is 16.6 Å². The number of hydrogen-bond donors (Lipinski definition) is 2. The lowest BCUT2D eigenvalue weighted by Crippen LogP contribution is -2.32. The molecule has 1 aliphatic carbocycles. The Hall–Kier alpha value is -2.98. The largest absolute Gasteiger partial charge is 0.349 e. The minimum Gasteiger partial charge on any atom is -0.349 e. The van der Waals surface area contributed by atoms with Gasteiger partial charge >= 0.3 is 0 Å². The SMILES string of the molecule is O=C(Cn1cc(S(=O)(=O)N2CCCC2)ccc1=O)Nc1ccccc1C(=O)NC1CC1. The molecule has 1 saturated heterocycles. The zero-order chi connectivity index (χ0) is 22.0. The number of anilines is 1. The summed E-state index contributed by atoms with van der Waals surface area (Å²) in [6.45, 7) is 0.518. The first kappa shape index (κ1) is 21.3. The van der Waals surface area contributed by atoms with E-state index in [1.807, 2.05) is 0 Å². The summed E-state index contributed by atoms with van der Waals surface area (Å²) >= 11 is 0. The van der Waals surface area contributed by atoms with E-state index in [9.17, 15) is 22.8 Å². The van der Waals surface area contributed by atoms with Crippen LogP contribution in [0.5, 0.6) is 0 Å². The molecular formula is C21H24N4O5S. The second kappa shape index (κ2) is 8.64. The number of rotatable bonds is 7. The fraction of sp³-hybridized carbons (Fsp3) is 0.381. The van der Waals surface area contributed by atoms with Crippen molar-refractivity contribution in [3.05, 3.63) is 58.5 Å². The Bertz CT molecular complexity index is 1160. The van der Waals surface area contributed by atoms with Crippen LogP contribution in [0, 0.1) is 0 Å². The van der Waals surface area contributed by atoms with E-state index in [0.29, 0.717) is 24.3 Å². The van der Waals surface area contributed by atoms with Gasteiger partial charge in [-0.2, -0.15) is 4.31 Å². The van der Waals surface area contributed by atoms with Crippen LogP contribution in [-0.2, 0) is 21.4 Å². The van der Waals surface area contributed by atoms with Gasteiger partial charge in [0.05, 0.1) is 16.1 Å². The molecule has 0 radical (unpaired) electrons. The molecule has 2 fully saturated rings. The van der Waals surface area contributed by atoms with Gasteiger partial charge in [0, 0.05) is 31.4 Å². The first-order valence-electron chi connectivity index (χ1n) is 10.2. The Kier molecular flexibility index (Phi) is 5.92. The maximum absolute atomic E-state index is 12.8. The number of nitrogens with one attached hydrogen (secondary N) is 2. The predicted molar refractivity (Wildman–Crippen MR) is 114 cm³/mol. The lowest BCUT2D eigenvalue weighted by atomic mass is 10.1. The zero-order valence-corrected chi connectivity index (χ0v) is 17.7. The van der Waals surface area contributed by atoms with Crippen molar-refractivity contribution in [1.29, 1.82) is 0 Å². The molecule has 1 saturated carbocycles. The Morgan fingerprint density at radius 3 is 2.45 bits per heavy atom. The maximum atomic E-state index is 12.8. The highest BCUT2D eigenvalue weighted by molar-refractivity contribution is 7.89. The van der Waals surface area contributed by atoms with Crippen LogP contribution in [0.2, 0.25) is 0 Å². The Labute approximate surface area is 180 Å². The number of benzene rings is 1. The third-order valence-electron chi connectivity index (χ3n) is 5.33. The van der Waals surface area contributed by atoms with E-state index >= 15 is 0 Å². The number of hydrogen-bond acceptors (Lipinski definition) is 5. The van der Waals surface area contributed by atoms with Crippen molar-refractivity contribution in [2.45, 2.75) is 43.2 Å². The summed E-state index contributed by atoms with van der Waals surface area (Å²) in [6.07, 6.45) is 4.69. The van der Waals surface area contributed by atoms with Crippen molar-refractivity contribution >= 4 is 27.5 Å². The van der Waals surface area contributed by atoms with Crippen molar-refractivity contribution in [1.82, 2.24) is 14.2 Å². The lowest BCUT2D eigenvalue weighted by molar-refractivity contribution is -0.116. The van der Waals surface area contributed by atoms with Crippen molar-refractivity contribution in [3.8, 4) is 0 Å². The smallest absolute Gasteiger partial charge is 0.253 e. The minimum atomic E-state index is -3.71. The molecule has 4 rings (SSSR count). The minimum absolute atomic E-state index is 0.0222. The summed E-state index contributed by atoms with van der Waals surface area (Å²) in [4.78, 5) is 37.2. The quantitative estimate of drug-likeness (QED) is 0.665. The van der Waals surface area contributed by atoms with Crippen molar-refractivity contribution in [2.24, 2.45) is 0 Å². The van der Waals surface area contributed by atoms with Gasteiger partial charge in [0.2, 0.25) is 15.9 Å². The van der Waals surface area contributed by atoms with Crippen LogP contribution < -0.4 is 16.2 Å². The first-order valence-corrected chi connectivity index (χ1v) is 11.7. The second-order valence-corrected chi connectivity index (χ2v) is 9.72. The van der Waals surface area contributed by atoms with Gasteiger partial charge in [-0.15, -0.1) is 0 Å². The summed E-state index contributed by atoms with van der Waals surface area (Å²) in [5.41, 5.74) is 0.176. The normalized spacial score (nSPS) is 16.8. The topological polar surface area (TPSA) is 118 Å². The highest BCUT2D eigenvalue weighted by atomic mass is 32.2. The number of aromatic nitrogens is 1. The molecule has 0 unspecified atom stereocenters. The molecule has 2 aromatic rings. The van der Waals surface area contributed by atoms with E-state index in [-0.39, 0.29) is 23.4 Å². The Morgan fingerprint density at radius 1 is 1.03 bits per heavy atom. The van der Waals surface area contributed by atoms with Crippen molar-refractivity contribution in [3.63, 3.8) is 0 Å². The van der Waals surface area contributed by atoms with Crippen LogP contribution in [0.15, 0.2) is 52.3 Å². The molecule has 2 N–H and O–H groups in total. The summed E-state index contributed by atoms with van der Waals surface area (Å²) in [7, 11) is -3.71. The second-order valence-electron chi connectivity index (χ2n) is 7.78. The summed E-state index contributed by atoms with van der Waals surface area (Å²) in [6, 6.07) is 9.21. The van der Waals surface area contributed by atoms with E-state index < -0.39 is 21.5 Å². The maximum Gasteiger partial charge on any atom is 0.253 e. The number of carbonyl (C=O) groups excluding carboxylic acids is 2. The van der Waals surface area contributed by atoms with Gasteiger partial charge in [0.15, 0.2) is 0 Å². The molecule has 31 heavy (non-hydrogen) atoms. The summed E-state index contributed by atoms with van der Waals surface area (Å²) in [5.74, 6) is -0.807. The highest BCUT2D eigenvalue weighted by Crippen LogP contribution is 2.22. The molecule has 1 aromatic carbocycles. The number of amides is 2. The molecule has 0 bridgehead atoms. The Balaban J connectivity index is 1.50. The number of sulfonamides is 1. The molecule has 9 nitrogen and oxygen atoms in total. The summed E-state index contributed by atoms with van der Waals surface area (Å²) < 4.78 is 27.9.